The Morgan fingerprint density at radius 1 is 1.12 bits per heavy atom. The third-order valence-corrected chi connectivity index (χ3v) is 5.21. The second-order valence-corrected chi connectivity index (χ2v) is 7.40. The minimum atomic E-state index is 0.631. The third-order valence-electron chi connectivity index (χ3n) is 5.21. The van der Waals surface area contributed by atoms with Gasteiger partial charge in [0.15, 0.2) is 5.82 Å². The first-order valence-electron chi connectivity index (χ1n) is 9.18. The number of nitrogens with zero attached hydrogens (tertiary/aromatic N) is 5. The molecule has 0 spiro atoms. The Kier molecular flexibility index (Phi) is 4.55. The van der Waals surface area contributed by atoms with E-state index in [4.69, 9.17) is 0 Å². The van der Waals surface area contributed by atoms with E-state index < -0.39 is 0 Å². The molecule has 0 aliphatic carbocycles. The first-order valence-corrected chi connectivity index (χ1v) is 9.18. The van der Waals surface area contributed by atoms with Crippen molar-refractivity contribution in [3.63, 3.8) is 0 Å². The molecule has 0 saturated carbocycles. The molecule has 5 nitrogen and oxygen atoms in total. The Labute approximate surface area is 154 Å². The van der Waals surface area contributed by atoms with E-state index in [1.807, 2.05) is 25.6 Å². The van der Waals surface area contributed by atoms with Crippen molar-refractivity contribution in [1.82, 2.24) is 24.6 Å². The fraction of sp³-hybridized carbons (Fsp3) is 0.381. The van der Waals surface area contributed by atoms with E-state index in [9.17, 15) is 0 Å². The molecule has 0 radical (unpaired) electrons. The predicted molar refractivity (Wildman–Crippen MR) is 103 cm³/mol. The van der Waals surface area contributed by atoms with Gasteiger partial charge in [0.25, 0.3) is 0 Å². The van der Waals surface area contributed by atoms with Gasteiger partial charge in [0, 0.05) is 44.3 Å². The van der Waals surface area contributed by atoms with E-state index in [0.29, 0.717) is 5.92 Å². The second kappa shape index (κ2) is 7.00. The minimum absolute atomic E-state index is 0.631. The number of hydrogen-bond donors (Lipinski definition) is 0. The van der Waals surface area contributed by atoms with Gasteiger partial charge in [0.2, 0.25) is 0 Å². The molecule has 134 valence electrons. The molecular formula is C21H25N5. The highest BCUT2D eigenvalue weighted by Crippen LogP contribution is 2.30. The van der Waals surface area contributed by atoms with E-state index in [1.165, 1.54) is 28.7 Å². The maximum absolute atomic E-state index is 4.51. The van der Waals surface area contributed by atoms with Crippen LogP contribution in [0.1, 0.15) is 34.6 Å². The SMILES string of the molecule is Cc1ccc(C2CCN(Cc3cnc(-c4cnn(C)c4)nc3)C2)c(C)c1. The van der Waals surface area contributed by atoms with Crippen LogP contribution in [0, 0.1) is 13.8 Å². The number of rotatable bonds is 4. The highest BCUT2D eigenvalue weighted by atomic mass is 15.2. The summed E-state index contributed by atoms with van der Waals surface area (Å²) in [4.78, 5) is 11.5. The molecule has 1 atom stereocenters. The molecule has 2 aromatic heterocycles. The number of hydrogen-bond acceptors (Lipinski definition) is 4. The van der Waals surface area contributed by atoms with Crippen LogP contribution in [0.4, 0.5) is 0 Å². The van der Waals surface area contributed by atoms with Crippen molar-refractivity contribution >= 4 is 0 Å². The molecule has 1 aliphatic heterocycles. The fourth-order valence-electron chi connectivity index (χ4n) is 3.89. The van der Waals surface area contributed by atoms with Crippen molar-refractivity contribution in [3.05, 3.63) is 65.2 Å². The quantitative estimate of drug-likeness (QED) is 0.725. The minimum Gasteiger partial charge on any atom is -0.298 e. The summed E-state index contributed by atoms with van der Waals surface area (Å²) in [6.45, 7) is 7.54. The van der Waals surface area contributed by atoms with Gasteiger partial charge in [-0.15, -0.1) is 0 Å². The summed E-state index contributed by atoms with van der Waals surface area (Å²) in [6.07, 6.45) is 8.84. The molecule has 1 fully saturated rings. The van der Waals surface area contributed by atoms with Gasteiger partial charge in [-0.05, 0) is 43.9 Å². The smallest absolute Gasteiger partial charge is 0.162 e. The van der Waals surface area contributed by atoms with Crippen LogP contribution in [-0.4, -0.2) is 37.7 Å². The van der Waals surface area contributed by atoms with E-state index in [1.54, 1.807) is 10.9 Å². The molecule has 3 heterocycles. The molecule has 1 unspecified atom stereocenters. The molecule has 26 heavy (non-hydrogen) atoms. The summed E-state index contributed by atoms with van der Waals surface area (Å²) in [5, 5.41) is 4.18. The van der Waals surface area contributed by atoms with Crippen molar-refractivity contribution in [2.45, 2.75) is 32.7 Å². The van der Waals surface area contributed by atoms with E-state index >= 15 is 0 Å². The van der Waals surface area contributed by atoms with Gasteiger partial charge in [0.1, 0.15) is 0 Å². The van der Waals surface area contributed by atoms with Crippen LogP contribution in [0.3, 0.4) is 0 Å². The zero-order valence-electron chi connectivity index (χ0n) is 15.7. The number of benzene rings is 1. The molecule has 1 aromatic carbocycles. The van der Waals surface area contributed by atoms with Gasteiger partial charge in [-0.25, -0.2) is 9.97 Å². The molecular weight excluding hydrogens is 322 g/mol. The van der Waals surface area contributed by atoms with E-state index in [-0.39, 0.29) is 0 Å². The van der Waals surface area contributed by atoms with Crippen LogP contribution in [-0.2, 0) is 13.6 Å². The Bertz CT molecular complexity index is 897. The monoisotopic (exact) mass is 347 g/mol. The van der Waals surface area contributed by atoms with Gasteiger partial charge in [-0.1, -0.05) is 23.8 Å². The predicted octanol–water partition coefficient (Wildman–Crippen LogP) is 3.48. The van der Waals surface area contributed by atoms with Crippen molar-refractivity contribution in [2.24, 2.45) is 7.05 Å². The van der Waals surface area contributed by atoms with Crippen molar-refractivity contribution in [1.29, 1.82) is 0 Å². The maximum Gasteiger partial charge on any atom is 0.162 e. The van der Waals surface area contributed by atoms with Gasteiger partial charge < -0.3 is 0 Å². The van der Waals surface area contributed by atoms with E-state index in [2.05, 4.69) is 52.0 Å². The average molecular weight is 347 g/mol. The standard InChI is InChI=1S/C21H25N5/c1-15-4-5-20(16(2)8-15)18-6-7-26(14-18)12-17-9-22-21(23-10-17)19-11-24-25(3)13-19/h4-5,8-11,13,18H,6-7,12,14H2,1-3H3. The Balaban J connectivity index is 1.40. The maximum atomic E-state index is 4.51. The fourth-order valence-corrected chi connectivity index (χ4v) is 3.89. The zero-order valence-corrected chi connectivity index (χ0v) is 15.7. The van der Waals surface area contributed by atoms with E-state index in [0.717, 1.165) is 31.0 Å². The summed E-state index contributed by atoms with van der Waals surface area (Å²) >= 11 is 0. The van der Waals surface area contributed by atoms with Crippen LogP contribution in [0.15, 0.2) is 43.0 Å². The van der Waals surface area contributed by atoms with Crippen molar-refractivity contribution in [2.75, 3.05) is 13.1 Å². The third kappa shape index (κ3) is 3.53. The molecule has 0 N–H and O–H groups in total. The summed E-state index contributed by atoms with van der Waals surface area (Å²) in [5.41, 5.74) is 6.38. The van der Waals surface area contributed by atoms with Crippen LogP contribution in [0.2, 0.25) is 0 Å². The normalized spacial score (nSPS) is 17.7. The van der Waals surface area contributed by atoms with Gasteiger partial charge in [-0.3, -0.25) is 9.58 Å². The first kappa shape index (κ1) is 16.9. The number of aryl methyl sites for hydroxylation is 3. The number of likely N-dealkylation sites (tertiary alicyclic amines) is 1. The summed E-state index contributed by atoms with van der Waals surface area (Å²) in [6, 6.07) is 6.84. The topological polar surface area (TPSA) is 46.8 Å². The highest BCUT2D eigenvalue weighted by Gasteiger charge is 2.25. The Hall–Kier alpha value is -2.53. The van der Waals surface area contributed by atoms with Crippen LogP contribution in [0.25, 0.3) is 11.4 Å². The van der Waals surface area contributed by atoms with Gasteiger partial charge >= 0.3 is 0 Å². The first-order chi connectivity index (χ1) is 12.6. The van der Waals surface area contributed by atoms with Crippen molar-refractivity contribution < 1.29 is 0 Å². The number of aromatic nitrogens is 4. The molecule has 1 saturated heterocycles. The largest absolute Gasteiger partial charge is 0.298 e. The average Bonchev–Trinajstić information content (AvgIpc) is 3.25. The molecule has 0 amide bonds. The van der Waals surface area contributed by atoms with Crippen molar-refractivity contribution in [3.8, 4) is 11.4 Å². The Morgan fingerprint density at radius 3 is 2.62 bits per heavy atom. The Morgan fingerprint density at radius 2 is 1.92 bits per heavy atom. The molecule has 1 aliphatic rings. The molecule has 0 bridgehead atoms. The van der Waals surface area contributed by atoms with Crippen LogP contribution in [0.5, 0.6) is 0 Å². The lowest BCUT2D eigenvalue weighted by molar-refractivity contribution is 0.326. The summed E-state index contributed by atoms with van der Waals surface area (Å²) < 4.78 is 1.77. The molecule has 4 rings (SSSR count). The lowest BCUT2D eigenvalue weighted by Crippen LogP contribution is -2.20. The zero-order chi connectivity index (χ0) is 18.1. The van der Waals surface area contributed by atoms with Gasteiger partial charge in [-0.2, -0.15) is 5.10 Å². The summed E-state index contributed by atoms with van der Waals surface area (Å²) in [5.74, 6) is 1.36. The molecule has 3 aromatic rings. The lowest BCUT2D eigenvalue weighted by atomic mass is 9.93. The highest BCUT2D eigenvalue weighted by molar-refractivity contribution is 5.51. The second-order valence-electron chi connectivity index (χ2n) is 7.40. The van der Waals surface area contributed by atoms with Crippen LogP contribution >= 0.6 is 0 Å². The summed E-state index contributed by atoms with van der Waals surface area (Å²) in [7, 11) is 1.90. The van der Waals surface area contributed by atoms with Crippen LogP contribution < -0.4 is 0 Å². The molecule has 5 heteroatoms. The van der Waals surface area contributed by atoms with Gasteiger partial charge in [0.05, 0.1) is 11.8 Å². The lowest BCUT2D eigenvalue weighted by Gasteiger charge is -2.17.